The molecule has 20 heavy (non-hydrogen) atoms. The summed E-state index contributed by atoms with van der Waals surface area (Å²) in [6, 6.07) is 4.20. The summed E-state index contributed by atoms with van der Waals surface area (Å²) in [6.45, 7) is 4.37. The molecular formula is C14H18Br2N2O2. The first-order chi connectivity index (χ1) is 9.45. The highest BCUT2D eigenvalue weighted by atomic mass is 79.9. The van der Waals surface area contributed by atoms with Gasteiger partial charge in [-0.25, -0.2) is 0 Å². The molecule has 0 aliphatic carbocycles. The molecule has 1 amide bonds. The minimum Gasteiger partial charge on any atom is -0.506 e. The number of piperidine rings is 1. The molecule has 4 nitrogen and oxygen atoms in total. The van der Waals surface area contributed by atoms with Gasteiger partial charge in [-0.05, 0) is 62.4 Å². The van der Waals surface area contributed by atoms with Crippen molar-refractivity contribution in [3.8, 4) is 5.75 Å². The van der Waals surface area contributed by atoms with E-state index in [2.05, 4.69) is 42.1 Å². The van der Waals surface area contributed by atoms with Gasteiger partial charge in [0.15, 0.2) is 0 Å². The van der Waals surface area contributed by atoms with Gasteiger partial charge in [0.25, 0.3) is 0 Å². The maximum atomic E-state index is 11.0. The van der Waals surface area contributed by atoms with E-state index in [4.69, 9.17) is 0 Å². The SMILES string of the molecule is CC(=O)NC1CCN(Cc2cc(Br)c(O)c(Br)c2)CC1. The molecule has 1 aromatic rings. The van der Waals surface area contributed by atoms with Gasteiger partial charge in [-0.1, -0.05) is 0 Å². The van der Waals surface area contributed by atoms with Crippen LogP contribution >= 0.6 is 31.9 Å². The van der Waals surface area contributed by atoms with E-state index in [1.165, 1.54) is 0 Å². The first-order valence-corrected chi connectivity index (χ1v) is 8.20. The van der Waals surface area contributed by atoms with Crippen LogP contribution in [0, 0.1) is 0 Å². The van der Waals surface area contributed by atoms with Gasteiger partial charge in [0.05, 0.1) is 8.95 Å². The lowest BCUT2D eigenvalue weighted by atomic mass is 10.0. The smallest absolute Gasteiger partial charge is 0.217 e. The number of aromatic hydroxyl groups is 1. The van der Waals surface area contributed by atoms with Crippen LogP contribution in [-0.2, 0) is 11.3 Å². The minimum absolute atomic E-state index is 0.0508. The summed E-state index contributed by atoms with van der Waals surface area (Å²) in [5.74, 6) is 0.285. The summed E-state index contributed by atoms with van der Waals surface area (Å²) in [5, 5.41) is 12.7. The molecule has 110 valence electrons. The average Bonchev–Trinajstić information content (AvgIpc) is 2.37. The number of rotatable bonds is 3. The van der Waals surface area contributed by atoms with Crippen LogP contribution in [0.2, 0.25) is 0 Å². The van der Waals surface area contributed by atoms with E-state index < -0.39 is 0 Å². The first kappa shape index (κ1) is 15.8. The molecule has 2 N–H and O–H groups in total. The van der Waals surface area contributed by atoms with Gasteiger partial charge in [0.2, 0.25) is 5.91 Å². The number of likely N-dealkylation sites (tertiary alicyclic amines) is 1. The molecule has 0 spiro atoms. The van der Waals surface area contributed by atoms with Crippen LogP contribution in [-0.4, -0.2) is 35.0 Å². The second kappa shape index (κ2) is 6.91. The maximum absolute atomic E-state index is 11.0. The minimum atomic E-state index is 0.0508. The van der Waals surface area contributed by atoms with Gasteiger partial charge in [-0.2, -0.15) is 0 Å². The summed E-state index contributed by atoms with van der Waals surface area (Å²) >= 11 is 6.70. The van der Waals surface area contributed by atoms with E-state index in [0.717, 1.165) is 38.0 Å². The Bertz CT molecular complexity index is 477. The van der Waals surface area contributed by atoms with Gasteiger partial charge in [0, 0.05) is 32.6 Å². The van der Waals surface area contributed by atoms with E-state index in [9.17, 15) is 9.90 Å². The summed E-state index contributed by atoms with van der Waals surface area (Å²) in [5.41, 5.74) is 1.15. The number of benzene rings is 1. The molecule has 1 heterocycles. The van der Waals surface area contributed by atoms with Crippen molar-refractivity contribution in [2.75, 3.05) is 13.1 Å². The number of carbonyl (C=O) groups is 1. The number of phenolic OH excluding ortho intramolecular Hbond substituents is 1. The monoisotopic (exact) mass is 404 g/mol. The van der Waals surface area contributed by atoms with Crippen molar-refractivity contribution >= 4 is 37.8 Å². The number of hydrogen-bond acceptors (Lipinski definition) is 3. The number of nitrogens with one attached hydrogen (secondary N) is 1. The molecule has 2 rings (SSSR count). The van der Waals surface area contributed by atoms with Gasteiger partial charge >= 0.3 is 0 Å². The zero-order valence-electron chi connectivity index (χ0n) is 11.3. The number of amides is 1. The van der Waals surface area contributed by atoms with Crippen LogP contribution in [0.5, 0.6) is 5.75 Å². The highest BCUT2D eigenvalue weighted by Crippen LogP contribution is 2.33. The fraction of sp³-hybridized carbons (Fsp3) is 0.500. The van der Waals surface area contributed by atoms with Gasteiger partial charge in [-0.3, -0.25) is 9.69 Å². The molecule has 1 aromatic carbocycles. The third-order valence-electron chi connectivity index (χ3n) is 3.48. The lowest BCUT2D eigenvalue weighted by Crippen LogP contribution is -2.43. The zero-order valence-corrected chi connectivity index (χ0v) is 14.5. The second-order valence-electron chi connectivity index (χ2n) is 5.16. The Balaban J connectivity index is 1.91. The molecule has 6 heteroatoms. The van der Waals surface area contributed by atoms with Crippen molar-refractivity contribution in [1.29, 1.82) is 0 Å². The lowest BCUT2D eigenvalue weighted by molar-refractivity contribution is -0.119. The average molecular weight is 406 g/mol. The van der Waals surface area contributed by atoms with Crippen molar-refractivity contribution < 1.29 is 9.90 Å². The fourth-order valence-electron chi connectivity index (χ4n) is 2.49. The van der Waals surface area contributed by atoms with Crippen LogP contribution < -0.4 is 5.32 Å². The zero-order chi connectivity index (χ0) is 14.7. The molecule has 0 bridgehead atoms. The van der Waals surface area contributed by atoms with Gasteiger partial charge in [-0.15, -0.1) is 0 Å². The highest BCUT2D eigenvalue weighted by molar-refractivity contribution is 9.11. The molecule has 1 saturated heterocycles. The standard InChI is InChI=1S/C14H18Br2N2O2/c1-9(19)17-11-2-4-18(5-3-11)8-10-6-12(15)14(20)13(16)7-10/h6-7,11,20H,2-5,8H2,1H3,(H,17,19). The van der Waals surface area contributed by atoms with Crippen LogP contribution in [0.25, 0.3) is 0 Å². The quantitative estimate of drug-likeness (QED) is 0.812. The number of hydrogen-bond donors (Lipinski definition) is 2. The van der Waals surface area contributed by atoms with Crippen molar-refractivity contribution in [1.82, 2.24) is 10.2 Å². The van der Waals surface area contributed by atoms with Crippen LogP contribution in [0.4, 0.5) is 0 Å². The number of phenols is 1. The molecule has 0 radical (unpaired) electrons. The Morgan fingerprint density at radius 3 is 2.40 bits per heavy atom. The predicted octanol–water partition coefficient (Wildman–Crippen LogP) is 3.02. The van der Waals surface area contributed by atoms with Crippen LogP contribution in [0.15, 0.2) is 21.1 Å². The third-order valence-corrected chi connectivity index (χ3v) is 4.69. The molecular weight excluding hydrogens is 388 g/mol. The molecule has 0 atom stereocenters. The molecule has 1 aliphatic heterocycles. The number of carbonyl (C=O) groups excluding carboxylic acids is 1. The van der Waals surface area contributed by atoms with Gasteiger partial charge < -0.3 is 10.4 Å². The summed E-state index contributed by atoms with van der Waals surface area (Å²) in [7, 11) is 0. The van der Waals surface area contributed by atoms with Crippen LogP contribution in [0.1, 0.15) is 25.3 Å². The lowest BCUT2D eigenvalue weighted by Gasteiger charge is -2.32. The maximum Gasteiger partial charge on any atom is 0.217 e. The Morgan fingerprint density at radius 2 is 1.90 bits per heavy atom. The van der Waals surface area contributed by atoms with Crippen molar-refractivity contribution in [2.24, 2.45) is 0 Å². The molecule has 1 aliphatic rings. The van der Waals surface area contributed by atoms with E-state index >= 15 is 0 Å². The molecule has 0 aromatic heterocycles. The second-order valence-corrected chi connectivity index (χ2v) is 6.87. The van der Waals surface area contributed by atoms with Crippen LogP contribution in [0.3, 0.4) is 0 Å². The van der Waals surface area contributed by atoms with Crippen molar-refractivity contribution in [3.63, 3.8) is 0 Å². The Morgan fingerprint density at radius 1 is 1.35 bits per heavy atom. The van der Waals surface area contributed by atoms with E-state index in [0.29, 0.717) is 15.0 Å². The third kappa shape index (κ3) is 4.20. The Hall–Kier alpha value is -0.590. The number of nitrogens with zero attached hydrogens (tertiary/aromatic N) is 1. The van der Waals surface area contributed by atoms with Crippen molar-refractivity contribution in [2.45, 2.75) is 32.4 Å². The highest BCUT2D eigenvalue weighted by Gasteiger charge is 2.20. The predicted molar refractivity (Wildman–Crippen MR) is 85.6 cm³/mol. The molecule has 0 saturated carbocycles. The Kier molecular flexibility index (Phi) is 5.46. The van der Waals surface area contributed by atoms with E-state index in [1.807, 2.05) is 12.1 Å². The van der Waals surface area contributed by atoms with Crippen molar-refractivity contribution in [3.05, 3.63) is 26.6 Å². The summed E-state index contributed by atoms with van der Waals surface area (Å²) < 4.78 is 1.41. The normalized spacial score (nSPS) is 17.1. The topological polar surface area (TPSA) is 52.6 Å². The molecule has 1 fully saturated rings. The first-order valence-electron chi connectivity index (χ1n) is 6.62. The molecule has 0 unspecified atom stereocenters. The number of halogens is 2. The van der Waals surface area contributed by atoms with Gasteiger partial charge in [0.1, 0.15) is 5.75 Å². The van der Waals surface area contributed by atoms with E-state index in [-0.39, 0.29) is 11.7 Å². The van der Waals surface area contributed by atoms with E-state index in [1.54, 1.807) is 6.92 Å². The largest absolute Gasteiger partial charge is 0.506 e. The fourth-order valence-corrected chi connectivity index (χ4v) is 3.77. The summed E-state index contributed by atoms with van der Waals surface area (Å²) in [4.78, 5) is 13.4. The summed E-state index contributed by atoms with van der Waals surface area (Å²) in [6.07, 6.45) is 1.97. The Labute approximate surface area is 135 Å².